The zero-order valence-electron chi connectivity index (χ0n) is 14.5. The highest BCUT2D eigenvalue weighted by molar-refractivity contribution is 6.63. The molecule has 1 aromatic carbocycles. The molecule has 0 amide bonds. The highest BCUT2D eigenvalue weighted by Gasteiger charge is 2.32. The van der Waals surface area contributed by atoms with Crippen LogP contribution in [0.5, 0.6) is 0 Å². The summed E-state index contributed by atoms with van der Waals surface area (Å²) in [6, 6.07) is 3.17. The average Bonchev–Trinajstić information content (AvgIpc) is 2.62. The number of Topliss-reactive ketones (excluding diaryl/α,β-unsaturated/α-hetero) is 2. The molecule has 142 valence electrons. The van der Waals surface area contributed by atoms with Crippen LogP contribution in [0.15, 0.2) is 44.4 Å². The van der Waals surface area contributed by atoms with Gasteiger partial charge in [0, 0.05) is 12.2 Å². The maximum absolute atomic E-state index is 12.5. The Morgan fingerprint density at radius 2 is 0.929 bits per heavy atom. The van der Waals surface area contributed by atoms with Gasteiger partial charge in [0.05, 0.1) is 31.3 Å². The number of allylic oxidation sites excluding steroid dienone is 8. The molecule has 0 atom stereocenters. The molecular weight excluding hydrogens is 446 g/mol. The predicted molar refractivity (Wildman–Crippen MR) is 109 cm³/mol. The Kier molecular flexibility index (Phi) is 5.52. The summed E-state index contributed by atoms with van der Waals surface area (Å²) in [7, 11) is 0. The summed E-state index contributed by atoms with van der Waals surface area (Å²) in [5.41, 5.74) is 1.81. The van der Waals surface area contributed by atoms with Crippen LogP contribution in [0.3, 0.4) is 0 Å². The van der Waals surface area contributed by atoms with E-state index in [0.717, 1.165) is 12.2 Å². The molecule has 0 aromatic heterocycles. The van der Waals surface area contributed by atoms with Gasteiger partial charge in [-0.15, -0.1) is 0 Å². The lowest BCUT2D eigenvalue weighted by Gasteiger charge is -2.19. The molecule has 2 aliphatic rings. The third kappa shape index (κ3) is 3.31. The number of benzene rings is 1. The molecular formula is C20H10Cl4O4. The summed E-state index contributed by atoms with van der Waals surface area (Å²) in [5, 5.41) is -0.948. The number of hydrogen-bond acceptors (Lipinski definition) is 4. The van der Waals surface area contributed by atoms with Crippen LogP contribution < -0.4 is 0 Å². The zero-order chi connectivity index (χ0) is 20.9. The minimum atomic E-state index is -0.575. The molecule has 8 heteroatoms. The maximum Gasteiger partial charge on any atom is 0.206 e. The Morgan fingerprint density at radius 3 is 1.25 bits per heavy atom. The van der Waals surface area contributed by atoms with Crippen molar-refractivity contribution in [2.75, 3.05) is 0 Å². The highest BCUT2D eigenvalue weighted by atomic mass is 35.5. The third-order valence-corrected chi connectivity index (χ3v) is 5.70. The van der Waals surface area contributed by atoms with Crippen molar-refractivity contribution in [2.45, 2.75) is 13.8 Å². The van der Waals surface area contributed by atoms with Gasteiger partial charge in [-0.2, -0.15) is 0 Å². The van der Waals surface area contributed by atoms with Gasteiger partial charge in [0.25, 0.3) is 0 Å². The van der Waals surface area contributed by atoms with Crippen LogP contribution in [0.1, 0.15) is 22.3 Å². The van der Waals surface area contributed by atoms with E-state index >= 15 is 0 Å². The number of hydrogen-bond donors (Lipinski definition) is 0. The van der Waals surface area contributed by atoms with E-state index in [4.69, 9.17) is 46.4 Å². The van der Waals surface area contributed by atoms with Crippen molar-refractivity contribution in [3.8, 4) is 0 Å². The number of aryl methyl sites for hydroxylation is 2. The van der Waals surface area contributed by atoms with E-state index < -0.39 is 23.1 Å². The fraction of sp³-hybridized carbons (Fsp3) is 0.100. The highest BCUT2D eigenvalue weighted by Crippen LogP contribution is 2.38. The minimum absolute atomic E-state index is 0.0182. The van der Waals surface area contributed by atoms with Crippen LogP contribution in [0.2, 0.25) is 0 Å². The van der Waals surface area contributed by atoms with E-state index in [1.165, 1.54) is 0 Å². The van der Waals surface area contributed by atoms with Crippen molar-refractivity contribution in [1.29, 1.82) is 0 Å². The van der Waals surface area contributed by atoms with Gasteiger partial charge in [-0.25, -0.2) is 0 Å². The van der Waals surface area contributed by atoms with Crippen molar-refractivity contribution in [3.63, 3.8) is 0 Å². The van der Waals surface area contributed by atoms with Crippen molar-refractivity contribution >= 4 is 80.7 Å². The molecule has 0 aliphatic heterocycles. The SMILES string of the molecule is Cc1cc(C2=C(Cl)C(=O)C=C(Cl)C2=O)c(C)cc1C1=C(Cl)C(=O)C=C(Cl)C1=O. The molecule has 0 unspecified atom stereocenters. The van der Waals surface area contributed by atoms with Crippen LogP contribution in [-0.4, -0.2) is 23.1 Å². The lowest BCUT2D eigenvalue weighted by atomic mass is 9.86. The summed E-state index contributed by atoms with van der Waals surface area (Å²) in [6.45, 7) is 3.33. The van der Waals surface area contributed by atoms with Crippen molar-refractivity contribution in [1.82, 2.24) is 0 Å². The molecule has 3 rings (SSSR count). The summed E-state index contributed by atoms with van der Waals surface area (Å²) >= 11 is 23.9. The van der Waals surface area contributed by atoms with Crippen molar-refractivity contribution < 1.29 is 19.2 Å². The fourth-order valence-electron chi connectivity index (χ4n) is 3.01. The molecule has 0 fully saturated rings. The summed E-state index contributed by atoms with van der Waals surface area (Å²) in [5.74, 6) is -2.29. The second-order valence-electron chi connectivity index (χ2n) is 6.23. The molecule has 0 saturated carbocycles. The van der Waals surface area contributed by atoms with Gasteiger partial charge in [0.15, 0.2) is 11.6 Å². The first-order valence-electron chi connectivity index (χ1n) is 7.88. The van der Waals surface area contributed by atoms with E-state index in [0.29, 0.717) is 22.3 Å². The number of rotatable bonds is 2. The Hall–Kier alpha value is -1.98. The normalized spacial score (nSPS) is 18.1. The van der Waals surface area contributed by atoms with E-state index in [1.807, 2.05) is 0 Å². The van der Waals surface area contributed by atoms with Gasteiger partial charge in [-0.05, 0) is 36.1 Å². The maximum atomic E-state index is 12.5. The third-order valence-electron chi connectivity index (χ3n) is 4.39. The summed E-state index contributed by atoms with van der Waals surface area (Å²) in [4.78, 5) is 48.9. The second-order valence-corrected chi connectivity index (χ2v) is 7.80. The second kappa shape index (κ2) is 7.45. The van der Waals surface area contributed by atoms with E-state index in [2.05, 4.69) is 0 Å². The molecule has 1 aromatic rings. The summed E-state index contributed by atoms with van der Waals surface area (Å²) < 4.78 is 0. The zero-order valence-corrected chi connectivity index (χ0v) is 17.5. The van der Waals surface area contributed by atoms with Gasteiger partial charge in [-0.1, -0.05) is 58.5 Å². The van der Waals surface area contributed by atoms with Crippen LogP contribution in [0.25, 0.3) is 11.1 Å². The first-order chi connectivity index (χ1) is 13.0. The van der Waals surface area contributed by atoms with Crippen LogP contribution in [0, 0.1) is 13.8 Å². The average molecular weight is 456 g/mol. The Morgan fingerprint density at radius 1 is 0.607 bits per heavy atom. The van der Waals surface area contributed by atoms with E-state index in [9.17, 15) is 19.2 Å². The largest absolute Gasteiger partial charge is 0.288 e. The van der Waals surface area contributed by atoms with Gasteiger partial charge in [-0.3, -0.25) is 19.2 Å². The molecule has 4 nitrogen and oxygen atoms in total. The molecule has 0 heterocycles. The van der Waals surface area contributed by atoms with Gasteiger partial charge in [0.2, 0.25) is 11.6 Å². The Balaban J connectivity index is 2.21. The van der Waals surface area contributed by atoms with Crippen molar-refractivity contribution in [2.24, 2.45) is 0 Å². The molecule has 0 saturated heterocycles. The van der Waals surface area contributed by atoms with Gasteiger partial charge < -0.3 is 0 Å². The van der Waals surface area contributed by atoms with Gasteiger partial charge >= 0.3 is 0 Å². The Labute approximate surface area is 180 Å². The molecule has 2 aliphatic carbocycles. The molecule has 0 bridgehead atoms. The topological polar surface area (TPSA) is 68.3 Å². The number of halogens is 4. The summed E-state index contributed by atoms with van der Waals surface area (Å²) in [6.07, 6.45) is 1.94. The molecule has 0 radical (unpaired) electrons. The lowest BCUT2D eigenvalue weighted by molar-refractivity contribution is -0.113. The predicted octanol–water partition coefficient (Wildman–Crippen LogP) is 4.75. The molecule has 0 spiro atoms. The van der Waals surface area contributed by atoms with E-state index in [1.54, 1.807) is 26.0 Å². The number of carbonyl (C=O) groups excluding carboxylic acids is 4. The number of ketones is 4. The van der Waals surface area contributed by atoms with Crippen LogP contribution in [0.4, 0.5) is 0 Å². The molecule has 28 heavy (non-hydrogen) atoms. The lowest BCUT2D eigenvalue weighted by Crippen LogP contribution is -2.16. The van der Waals surface area contributed by atoms with Crippen LogP contribution in [-0.2, 0) is 19.2 Å². The first kappa shape index (κ1) is 20.7. The van der Waals surface area contributed by atoms with E-state index in [-0.39, 0.29) is 31.3 Å². The Bertz CT molecular complexity index is 1040. The molecule has 0 N–H and O–H groups in total. The van der Waals surface area contributed by atoms with Crippen LogP contribution >= 0.6 is 46.4 Å². The fourth-order valence-corrected chi connectivity index (χ4v) is 3.88. The van der Waals surface area contributed by atoms with Crippen molar-refractivity contribution in [3.05, 3.63) is 66.7 Å². The smallest absolute Gasteiger partial charge is 0.206 e. The van der Waals surface area contributed by atoms with Gasteiger partial charge in [0.1, 0.15) is 0 Å². The number of carbonyl (C=O) groups is 4. The minimum Gasteiger partial charge on any atom is -0.288 e. The quantitative estimate of drug-likeness (QED) is 0.603. The first-order valence-corrected chi connectivity index (χ1v) is 9.39. The standard InChI is InChI=1S/C20H10Cl4O4/c1-7-3-10(16-18(24)14(26)6-12(22)20(16)28)8(2)4-9(7)15-17(23)13(25)5-11(21)19(15)27/h3-6H,1-2H3. The monoisotopic (exact) mass is 454 g/mol.